The van der Waals surface area contributed by atoms with Crippen molar-refractivity contribution in [3.8, 4) is 0 Å². The molecule has 26 heavy (non-hydrogen) atoms. The van der Waals surface area contributed by atoms with Gasteiger partial charge in [0.15, 0.2) is 0 Å². The lowest BCUT2D eigenvalue weighted by Crippen LogP contribution is -2.33. The van der Waals surface area contributed by atoms with Crippen LogP contribution in [0.1, 0.15) is 25.0 Å². The minimum atomic E-state index is -3.75. The summed E-state index contributed by atoms with van der Waals surface area (Å²) in [7, 11) is -5.85. The van der Waals surface area contributed by atoms with Gasteiger partial charge in [0.05, 0.1) is 9.79 Å². The molecule has 6 nitrogen and oxygen atoms in total. The van der Waals surface area contributed by atoms with Crippen molar-refractivity contribution in [1.29, 1.82) is 0 Å². The summed E-state index contributed by atoms with van der Waals surface area (Å²) in [6.07, 6.45) is 0. The lowest BCUT2D eigenvalue weighted by Gasteiger charge is -2.21. The second kappa shape index (κ2) is 7.38. The number of benzene rings is 2. The summed E-state index contributed by atoms with van der Waals surface area (Å²) >= 11 is 0. The third-order valence-electron chi connectivity index (χ3n) is 4.14. The molecule has 8 heteroatoms. The van der Waals surface area contributed by atoms with Crippen molar-refractivity contribution < 1.29 is 16.8 Å². The molecule has 1 N–H and O–H groups in total. The van der Waals surface area contributed by atoms with Crippen molar-refractivity contribution in [3.05, 3.63) is 53.6 Å². The van der Waals surface area contributed by atoms with Crippen molar-refractivity contribution in [2.45, 2.75) is 43.5 Å². The van der Waals surface area contributed by atoms with E-state index >= 15 is 0 Å². The average molecular weight is 397 g/mol. The molecular weight excluding hydrogens is 372 g/mol. The summed E-state index contributed by atoms with van der Waals surface area (Å²) in [5.41, 5.74) is 1.78. The summed E-state index contributed by atoms with van der Waals surface area (Å²) in [5.74, 6) is 0. The normalized spacial score (nSPS) is 12.6. The van der Waals surface area contributed by atoms with Crippen molar-refractivity contribution in [2.75, 3.05) is 11.8 Å². The van der Waals surface area contributed by atoms with E-state index in [9.17, 15) is 16.8 Å². The molecule has 0 amide bonds. The van der Waals surface area contributed by atoms with Crippen molar-refractivity contribution in [2.24, 2.45) is 0 Å². The maximum atomic E-state index is 12.6. The molecule has 0 saturated heterocycles. The van der Waals surface area contributed by atoms with Gasteiger partial charge >= 0.3 is 0 Å². The van der Waals surface area contributed by atoms with Crippen LogP contribution in [0.5, 0.6) is 0 Å². The first-order valence-electron chi connectivity index (χ1n) is 8.13. The van der Waals surface area contributed by atoms with Gasteiger partial charge in [-0.25, -0.2) is 16.8 Å². The minimum absolute atomic E-state index is 0.114. The lowest BCUT2D eigenvalue weighted by atomic mass is 10.2. The second-order valence-corrected chi connectivity index (χ2v) is 10.2. The number of rotatable bonds is 6. The van der Waals surface area contributed by atoms with Crippen LogP contribution in [0.15, 0.2) is 52.3 Å². The molecule has 2 rings (SSSR count). The lowest BCUT2D eigenvalue weighted by molar-refractivity contribution is 0.410. The predicted octanol–water partition coefficient (Wildman–Crippen LogP) is 3.13. The van der Waals surface area contributed by atoms with E-state index < -0.39 is 20.0 Å². The zero-order valence-corrected chi connectivity index (χ0v) is 17.1. The highest BCUT2D eigenvalue weighted by Gasteiger charge is 2.23. The van der Waals surface area contributed by atoms with Gasteiger partial charge in [0.2, 0.25) is 10.0 Å². The van der Waals surface area contributed by atoms with E-state index in [2.05, 4.69) is 4.72 Å². The van der Waals surface area contributed by atoms with Crippen LogP contribution in [0.4, 0.5) is 5.69 Å². The summed E-state index contributed by atoms with van der Waals surface area (Å²) in [6.45, 7) is 7.11. The highest BCUT2D eigenvalue weighted by molar-refractivity contribution is 7.92. The van der Waals surface area contributed by atoms with Crippen LogP contribution in [0, 0.1) is 13.8 Å². The topological polar surface area (TPSA) is 83.5 Å². The number of aryl methyl sites for hydroxylation is 2. The van der Waals surface area contributed by atoms with E-state index in [0.717, 1.165) is 5.56 Å². The molecule has 0 saturated carbocycles. The van der Waals surface area contributed by atoms with Crippen molar-refractivity contribution in [3.63, 3.8) is 0 Å². The quantitative estimate of drug-likeness (QED) is 0.813. The summed E-state index contributed by atoms with van der Waals surface area (Å²) < 4.78 is 53.9. The van der Waals surface area contributed by atoms with Crippen molar-refractivity contribution >= 4 is 25.7 Å². The third kappa shape index (κ3) is 4.25. The molecule has 0 atom stereocenters. The Morgan fingerprint density at radius 2 is 1.50 bits per heavy atom. The molecule has 0 radical (unpaired) electrons. The number of nitrogens with one attached hydrogen (secondary N) is 1. The van der Waals surface area contributed by atoms with Gasteiger partial charge < -0.3 is 0 Å². The Morgan fingerprint density at radius 1 is 0.923 bits per heavy atom. The van der Waals surface area contributed by atoms with Gasteiger partial charge in [0.1, 0.15) is 0 Å². The molecule has 2 aromatic rings. The fourth-order valence-corrected chi connectivity index (χ4v) is 5.10. The molecule has 0 spiro atoms. The first-order chi connectivity index (χ1) is 11.9. The van der Waals surface area contributed by atoms with Crippen LogP contribution in [-0.4, -0.2) is 34.2 Å². The summed E-state index contributed by atoms with van der Waals surface area (Å²) in [4.78, 5) is 0.317. The number of hydrogen-bond acceptors (Lipinski definition) is 4. The van der Waals surface area contributed by atoms with Gasteiger partial charge in [-0.1, -0.05) is 12.1 Å². The van der Waals surface area contributed by atoms with E-state index in [1.165, 1.54) is 35.6 Å². The molecule has 142 valence electrons. The second-order valence-electron chi connectivity index (χ2n) is 6.51. The Morgan fingerprint density at radius 3 is 2.04 bits per heavy atom. The van der Waals surface area contributed by atoms with Crippen LogP contribution >= 0.6 is 0 Å². The van der Waals surface area contributed by atoms with Gasteiger partial charge in [-0.3, -0.25) is 4.72 Å². The van der Waals surface area contributed by atoms with Gasteiger partial charge in [-0.15, -0.1) is 0 Å². The Labute approximate surface area is 156 Å². The minimum Gasteiger partial charge on any atom is -0.280 e. The van der Waals surface area contributed by atoms with Crippen LogP contribution in [0.2, 0.25) is 0 Å². The van der Waals surface area contributed by atoms with Gasteiger partial charge in [0.25, 0.3) is 10.0 Å². The third-order valence-corrected chi connectivity index (χ3v) is 7.71. The Kier molecular flexibility index (Phi) is 5.79. The summed E-state index contributed by atoms with van der Waals surface area (Å²) in [6, 6.07) is 10.7. The SMILES string of the molecule is Cc1ccc(C)c(S(=O)(=O)Nc2ccc(S(=O)(=O)N(C)C(C)C)cc2)c1. The van der Waals surface area contributed by atoms with E-state index in [0.29, 0.717) is 11.3 Å². The predicted molar refractivity (Wildman–Crippen MR) is 103 cm³/mol. The fourth-order valence-electron chi connectivity index (χ4n) is 2.35. The van der Waals surface area contributed by atoms with Crippen molar-refractivity contribution in [1.82, 2.24) is 4.31 Å². The van der Waals surface area contributed by atoms with Crippen LogP contribution in [-0.2, 0) is 20.0 Å². The molecule has 0 aromatic heterocycles. The van der Waals surface area contributed by atoms with Crippen LogP contribution < -0.4 is 4.72 Å². The monoisotopic (exact) mass is 396 g/mol. The number of anilines is 1. The molecule has 0 aliphatic rings. The molecular formula is C18H24N2O4S2. The molecule has 0 bridgehead atoms. The maximum absolute atomic E-state index is 12.6. The molecule has 0 heterocycles. The highest BCUT2D eigenvalue weighted by Crippen LogP contribution is 2.23. The average Bonchev–Trinajstić information content (AvgIpc) is 2.56. The Balaban J connectivity index is 2.31. The number of sulfonamides is 2. The Hall–Kier alpha value is -1.90. The van der Waals surface area contributed by atoms with Gasteiger partial charge in [-0.2, -0.15) is 4.31 Å². The largest absolute Gasteiger partial charge is 0.280 e. The highest BCUT2D eigenvalue weighted by atomic mass is 32.2. The van der Waals surface area contributed by atoms with E-state index in [1.807, 2.05) is 13.0 Å². The van der Waals surface area contributed by atoms with Crippen LogP contribution in [0.25, 0.3) is 0 Å². The molecule has 0 aliphatic heterocycles. The Bertz CT molecular complexity index is 996. The number of hydrogen-bond donors (Lipinski definition) is 1. The van der Waals surface area contributed by atoms with E-state index in [4.69, 9.17) is 0 Å². The smallest absolute Gasteiger partial charge is 0.262 e. The standard InChI is InChI=1S/C18H24N2O4S2/c1-13(2)20(5)26(23,24)17-10-8-16(9-11-17)19-25(21,22)18-12-14(3)6-7-15(18)4/h6-13,19H,1-5H3. The molecule has 0 aliphatic carbocycles. The zero-order valence-electron chi connectivity index (χ0n) is 15.5. The zero-order chi connectivity index (χ0) is 19.7. The molecule has 0 fully saturated rings. The van der Waals surface area contributed by atoms with Gasteiger partial charge in [0, 0.05) is 18.8 Å². The fraction of sp³-hybridized carbons (Fsp3) is 0.333. The van der Waals surface area contributed by atoms with E-state index in [1.54, 1.807) is 32.9 Å². The first kappa shape index (κ1) is 20.4. The van der Waals surface area contributed by atoms with Gasteiger partial charge in [-0.05, 0) is 69.2 Å². The maximum Gasteiger partial charge on any atom is 0.262 e. The first-order valence-corrected chi connectivity index (χ1v) is 11.1. The number of nitrogens with zero attached hydrogens (tertiary/aromatic N) is 1. The molecule has 2 aromatic carbocycles. The molecule has 0 unspecified atom stereocenters. The van der Waals surface area contributed by atoms with E-state index in [-0.39, 0.29) is 15.8 Å². The van der Waals surface area contributed by atoms with Crippen LogP contribution in [0.3, 0.4) is 0 Å². The summed E-state index contributed by atoms with van der Waals surface area (Å²) in [5, 5.41) is 0.